The predicted octanol–water partition coefficient (Wildman–Crippen LogP) is 10.2. The Morgan fingerprint density at radius 2 is 1.40 bits per heavy atom. The first-order valence-electron chi connectivity index (χ1n) is 19.0. The van der Waals surface area contributed by atoms with Gasteiger partial charge in [-0.3, -0.25) is 9.59 Å². The van der Waals surface area contributed by atoms with E-state index in [1.54, 1.807) is 0 Å². The van der Waals surface area contributed by atoms with Gasteiger partial charge in [-0.15, -0.1) is 0 Å². The molecule has 0 radical (unpaired) electrons. The molecule has 0 fully saturated rings. The number of carbonyl (C=O) groups is 2. The van der Waals surface area contributed by atoms with E-state index in [4.69, 9.17) is 4.74 Å². The summed E-state index contributed by atoms with van der Waals surface area (Å²) in [7, 11) is 0. The fourth-order valence-corrected chi connectivity index (χ4v) is 9.23. The SMILES string of the molecule is CC1(Cc2ccccc2)C(/C=C/C=C/C=C2\N(CCC(=O)O)c3ccc4ccccc4c3C2(C)C)=[N+](CCOC=O)c2c1c1ccccc1c1ccccc21. The summed E-state index contributed by atoms with van der Waals surface area (Å²) in [5, 5.41) is 16.8. The molecule has 1 N–H and O–H groups in total. The number of fused-ring (bicyclic) bond motifs is 9. The molecule has 274 valence electrons. The summed E-state index contributed by atoms with van der Waals surface area (Å²) in [5.74, 6) is -0.818. The number of benzene rings is 6. The molecule has 6 aromatic carbocycles. The molecule has 0 spiro atoms. The van der Waals surface area contributed by atoms with Crippen LogP contribution < -0.4 is 4.90 Å². The summed E-state index contributed by atoms with van der Waals surface area (Å²) in [6.07, 6.45) is 11.4. The van der Waals surface area contributed by atoms with Gasteiger partial charge < -0.3 is 14.7 Å². The van der Waals surface area contributed by atoms with Gasteiger partial charge in [0.05, 0.1) is 17.2 Å². The molecule has 2 aliphatic rings. The molecule has 8 rings (SSSR count). The van der Waals surface area contributed by atoms with Gasteiger partial charge in [0.2, 0.25) is 5.69 Å². The maximum atomic E-state index is 11.8. The number of rotatable bonds is 12. The minimum absolute atomic E-state index is 0.0369. The number of anilines is 1. The fourth-order valence-electron chi connectivity index (χ4n) is 9.23. The summed E-state index contributed by atoms with van der Waals surface area (Å²) in [6, 6.07) is 40.6. The third-order valence-electron chi connectivity index (χ3n) is 11.5. The van der Waals surface area contributed by atoms with Crippen molar-refractivity contribution in [2.75, 3.05) is 24.6 Å². The van der Waals surface area contributed by atoms with Crippen LogP contribution >= 0.6 is 0 Å². The first-order chi connectivity index (χ1) is 26.7. The second-order valence-electron chi connectivity index (χ2n) is 15.2. The monoisotopic (exact) mass is 725 g/mol. The van der Waals surface area contributed by atoms with Crippen molar-refractivity contribution in [2.24, 2.45) is 0 Å². The standard InChI is InChI=1S/C49H44N2O4/c1-48(2)42(50(29-28-44(53)54)41-27-26-35-18-10-11-19-36(35)45(41)48)24-8-5-9-25-43-49(3,32-34-16-6-4-7-17-34)46-39-22-14-12-20-37(39)38-21-13-15-23-40(38)47(46)51(43)30-31-55-33-52/h4-27,33H,28-32H2,1-3H3/p+1. The number of aliphatic carboxylic acids is 1. The zero-order valence-corrected chi connectivity index (χ0v) is 31.5. The summed E-state index contributed by atoms with van der Waals surface area (Å²) in [5.41, 5.74) is 7.35. The molecule has 55 heavy (non-hydrogen) atoms. The van der Waals surface area contributed by atoms with Crippen LogP contribution in [0.25, 0.3) is 32.3 Å². The van der Waals surface area contributed by atoms with Gasteiger partial charge in [0.25, 0.3) is 6.47 Å². The summed E-state index contributed by atoms with van der Waals surface area (Å²) in [4.78, 5) is 25.3. The van der Waals surface area contributed by atoms with Gasteiger partial charge in [-0.2, -0.15) is 4.58 Å². The highest BCUT2D eigenvalue weighted by molar-refractivity contribution is 6.19. The average Bonchev–Trinajstić information content (AvgIpc) is 3.57. The molecule has 0 bridgehead atoms. The molecule has 6 nitrogen and oxygen atoms in total. The number of hydrogen-bond donors (Lipinski definition) is 1. The number of nitrogens with zero attached hydrogens (tertiary/aromatic N) is 2. The van der Waals surface area contributed by atoms with E-state index in [0.717, 1.165) is 29.2 Å². The second-order valence-corrected chi connectivity index (χ2v) is 15.2. The number of carbonyl (C=O) groups excluding carboxylic acids is 1. The Labute approximate surface area is 322 Å². The predicted molar refractivity (Wildman–Crippen MR) is 224 cm³/mol. The second kappa shape index (κ2) is 14.5. The van der Waals surface area contributed by atoms with Crippen LogP contribution in [0.2, 0.25) is 0 Å². The van der Waals surface area contributed by atoms with Crippen molar-refractivity contribution in [3.63, 3.8) is 0 Å². The first kappa shape index (κ1) is 35.7. The van der Waals surface area contributed by atoms with Crippen molar-refractivity contribution in [1.82, 2.24) is 0 Å². The largest absolute Gasteiger partial charge is 0.481 e. The Morgan fingerprint density at radius 1 is 0.745 bits per heavy atom. The van der Waals surface area contributed by atoms with Gasteiger partial charge in [-0.1, -0.05) is 135 Å². The molecule has 0 aromatic heterocycles. The van der Waals surface area contributed by atoms with Crippen LogP contribution in [0.4, 0.5) is 11.4 Å². The van der Waals surface area contributed by atoms with E-state index in [-0.39, 0.29) is 18.4 Å². The lowest BCUT2D eigenvalue weighted by atomic mass is 9.72. The van der Waals surface area contributed by atoms with Gasteiger partial charge in [0.15, 0.2) is 12.3 Å². The molecule has 0 aliphatic carbocycles. The number of carboxylic acid groups (broad SMARTS) is 1. The first-order valence-corrected chi connectivity index (χ1v) is 19.0. The topological polar surface area (TPSA) is 69.8 Å². The van der Waals surface area contributed by atoms with E-state index in [1.807, 2.05) is 0 Å². The van der Waals surface area contributed by atoms with Crippen LogP contribution in [-0.2, 0) is 31.6 Å². The lowest BCUT2D eigenvalue weighted by Gasteiger charge is -2.26. The highest BCUT2D eigenvalue weighted by Gasteiger charge is 2.50. The van der Waals surface area contributed by atoms with E-state index in [2.05, 4.69) is 176 Å². The molecule has 6 aromatic rings. The Kier molecular flexibility index (Phi) is 9.44. The Balaban J connectivity index is 1.25. The van der Waals surface area contributed by atoms with Crippen molar-refractivity contribution in [3.8, 4) is 0 Å². The Bertz CT molecular complexity index is 2600. The minimum atomic E-state index is -0.818. The maximum Gasteiger partial charge on any atom is 0.305 e. The molecule has 1 atom stereocenters. The molecule has 1 unspecified atom stereocenters. The highest BCUT2D eigenvalue weighted by atomic mass is 16.5. The van der Waals surface area contributed by atoms with E-state index < -0.39 is 11.4 Å². The van der Waals surface area contributed by atoms with Crippen LogP contribution in [-0.4, -0.2) is 47.5 Å². The Hall–Kier alpha value is -6.27. The molecular weight excluding hydrogens is 681 g/mol. The van der Waals surface area contributed by atoms with E-state index in [0.29, 0.717) is 19.6 Å². The fraction of sp³-hybridized carbons (Fsp3) is 0.204. The zero-order valence-electron chi connectivity index (χ0n) is 31.5. The van der Waals surface area contributed by atoms with Gasteiger partial charge in [-0.05, 0) is 69.6 Å². The van der Waals surface area contributed by atoms with Crippen molar-refractivity contribution in [2.45, 2.75) is 44.4 Å². The van der Waals surface area contributed by atoms with Crippen molar-refractivity contribution < 1.29 is 24.0 Å². The molecular formula is C49H45N2O4+. The smallest absolute Gasteiger partial charge is 0.305 e. The number of carboxylic acids is 1. The molecule has 2 heterocycles. The van der Waals surface area contributed by atoms with Gasteiger partial charge in [0.1, 0.15) is 6.61 Å². The average molecular weight is 726 g/mol. The van der Waals surface area contributed by atoms with Crippen LogP contribution in [0.5, 0.6) is 0 Å². The number of hydrogen-bond acceptors (Lipinski definition) is 4. The summed E-state index contributed by atoms with van der Waals surface area (Å²) >= 11 is 0. The quantitative estimate of drug-likeness (QED) is 0.0447. The van der Waals surface area contributed by atoms with Gasteiger partial charge in [0, 0.05) is 35.0 Å². The lowest BCUT2D eigenvalue weighted by molar-refractivity contribution is -0.439. The lowest BCUT2D eigenvalue weighted by Crippen LogP contribution is -2.34. The van der Waals surface area contributed by atoms with Crippen molar-refractivity contribution >= 4 is 61.8 Å². The molecule has 6 heteroatoms. The maximum absolute atomic E-state index is 11.8. The van der Waals surface area contributed by atoms with Gasteiger partial charge in [-0.25, -0.2) is 0 Å². The molecule has 0 saturated carbocycles. The van der Waals surface area contributed by atoms with Crippen molar-refractivity contribution in [3.05, 3.63) is 168 Å². The van der Waals surface area contributed by atoms with E-state index >= 15 is 0 Å². The third kappa shape index (κ3) is 6.21. The third-order valence-corrected chi connectivity index (χ3v) is 11.5. The number of allylic oxidation sites excluding steroid dienone is 6. The molecule has 0 saturated heterocycles. The van der Waals surface area contributed by atoms with Crippen LogP contribution in [0.3, 0.4) is 0 Å². The normalized spacial score (nSPS) is 18.3. The highest BCUT2D eigenvalue weighted by Crippen LogP contribution is 2.52. The zero-order chi connectivity index (χ0) is 38.2. The van der Waals surface area contributed by atoms with Crippen LogP contribution in [0.1, 0.15) is 43.9 Å². The van der Waals surface area contributed by atoms with E-state index in [9.17, 15) is 14.7 Å². The minimum Gasteiger partial charge on any atom is -0.481 e. The molecule has 0 amide bonds. The number of ether oxygens (including phenoxy) is 1. The summed E-state index contributed by atoms with van der Waals surface area (Å²) < 4.78 is 7.70. The van der Waals surface area contributed by atoms with Crippen LogP contribution in [0.15, 0.2) is 151 Å². The summed E-state index contributed by atoms with van der Waals surface area (Å²) in [6.45, 7) is 8.45. The Morgan fingerprint density at radius 3 is 2.13 bits per heavy atom. The van der Waals surface area contributed by atoms with Gasteiger partial charge >= 0.3 is 5.97 Å². The van der Waals surface area contributed by atoms with Crippen LogP contribution in [0, 0.1) is 0 Å². The van der Waals surface area contributed by atoms with E-state index in [1.165, 1.54) is 49.0 Å². The molecule has 2 aliphatic heterocycles. The van der Waals surface area contributed by atoms with Crippen molar-refractivity contribution in [1.29, 1.82) is 0 Å².